The summed E-state index contributed by atoms with van der Waals surface area (Å²) < 4.78 is 0. The van der Waals surface area contributed by atoms with Gasteiger partial charge in [0.15, 0.2) is 0 Å². The summed E-state index contributed by atoms with van der Waals surface area (Å²) in [6, 6.07) is 8.06. The number of aromatic nitrogens is 4. The zero-order chi connectivity index (χ0) is 19.7. The number of hydrogen-bond acceptors (Lipinski definition) is 5. The Hall–Kier alpha value is -3.22. The van der Waals surface area contributed by atoms with E-state index >= 15 is 0 Å². The second-order valence-electron chi connectivity index (χ2n) is 7.32. The van der Waals surface area contributed by atoms with E-state index in [0.717, 1.165) is 46.5 Å². The standard InChI is InChI=1S/C21H24N6O/c1-13-5-3-7-16(9-13)20-17-12-27(14(2)19(17)25-21(22)26-20)18(28)8-4-6-15-10-23-24-11-15/h3,5,7,9-11,14H,4,6,8,12H2,1-2H3,(H,23,24)(H2,22,25,26)/t14-/m0/s1. The van der Waals surface area contributed by atoms with Gasteiger partial charge in [-0.2, -0.15) is 5.10 Å². The molecular formula is C21H24N6O. The molecule has 0 spiro atoms. The number of amides is 1. The van der Waals surface area contributed by atoms with Crippen molar-refractivity contribution in [2.45, 2.75) is 45.7 Å². The first-order valence-corrected chi connectivity index (χ1v) is 9.53. The first kappa shape index (κ1) is 18.2. The molecule has 3 aromatic rings. The fourth-order valence-electron chi connectivity index (χ4n) is 3.81. The topological polar surface area (TPSA) is 101 Å². The highest BCUT2D eigenvalue weighted by Crippen LogP contribution is 2.38. The normalized spacial score (nSPS) is 15.6. The number of nitrogens with one attached hydrogen (secondary N) is 1. The number of benzene rings is 1. The van der Waals surface area contributed by atoms with E-state index in [1.165, 1.54) is 0 Å². The molecule has 28 heavy (non-hydrogen) atoms. The molecule has 1 amide bonds. The highest BCUT2D eigenvalue weighted by Gasteiger charge is 2.34. The maximum Gasteiger partial charge on any atom is 0.223 e. The van der Waals surface area contributed by atoms with Crippen molar-refractivity contribution in [3.05, 3.63) is 59.0 Å². The number of anilines is 1. The fourth-order valence-corrected chi connectivity index (χ4v) is 3.81. The molecule has 0 fully saturated rings. The van der Waals surface area contributed by atoms with Gasteiger partial charge in [0.2, 0.25) is 11.9 Å². The zero-order valence-corrected chi connectivity index (χ0v) is 16.1. The van der Waals surface area contributed by atoms with Crippen molar-refractivity contribution >= 4 is 11.9 Å². The van der Waals surface area contributed by atoms with Crippen molar-refractivity contribution < 1.29 is 4.79 Å². The molecule has 2 aromatic heterocycles. The third-order valence-electron chi connectivity index (χ3n) is 5.27. The van der Waals surface area contributed by atoms with Gasteiger partial charge in [0.1, 0.15) is 0 Å². The van der Waals surface area contributed by atoms with Gasteiger partial charge in [-0.15, -0.1) is 0 Å². The molecule has 1 atom stereocenters. The van der Waals surface area contributed by atoms with Crippen molar-refractivity contribution in [1.82, 2.24) is 25.1 Å². The minimum Gasteiger partial charge on any atom is -0.368 e. The lowest BCUT2D eigenvalue weighted by atomic mass is 10.0. The molecule has 0 unspecified atom stereocenters. The summed E-state index contributed by atoms with van der Waals surface area (Å²) in [5, 5.41) is 6.74. The molecule has 1 aliphatic heterocycles. The lowest BCUT2D eigenvalue weighted by molar-refractivity contribution is -0.133. The van der Waals surface area contributed by atoms with Gasteiger partial charge in [0.05, 0.1) is 30.2 Å². The van der Waals surface area contributed by atoms with Crippen LogP contribution in [0.25, 0.3) is 11.3 Å². The Morgan fingerprint density at radius 2 is 2.21 bits per heavy atom. The van der Waals surface area contributed by atoms with E-state index in [1.54, 1.807) is 6.20 Å². The van der Waals surface area contributed by atoms with Crippen LogP contribution in [-0.2, 0) is 17.8 Å². The van der Waals surface area contributed by atoms with Gasteiger partial charge in [-0.3, -0.25) is 9.89 Å². The molecule has 7 nitrogen and oxygen atoms in total. The van der Waals surface area contributed by atoms with Crippen LogP contribution in [0.2, 0.25) is 0 Å². The number of nitrogen functional groups attached to an aromatic ring is 1. The Labute approximate surface area is 164 Å². The van der Waals surface area contributed by atoms with Gasteiger partial charge in [-0.05, 0) is 38.3 Å². The molecule has 7 heteroatoms. The highest BCUT2D eigenvalue weighted by atomic mass is 16.2. The van der Waals surface area contributed by atoms with Gasteiger partial charge >= 0.3 is 0 Å². The number of aryl methyl sites for hydroxylation is 2. The average Bonchev–Trinajstić information content (AvgIpc) is 3.30. The number of nitrogens with two attached hydrogens (primary N) is 1. The lowest BCUT2D eigenvalue weighted by Crippen LogP contribution is -2.28. The number of carbonyl (C=O) groups is 1. The Bertz CT molecular complexity index is 998. The molecule has 1 aromatic carbocycles. The van der Waals surface area contributed by atoms with E-state index in [1.807, 2.05) is 43.1 Å². The third kappa shape index (κ3) is 3.47. The summed E-state index contributed by atoms with van der Waals surface area (Å²) in [6.45, 7) is 4.57. The summed E-state index contributed by atoms with van der Waals surface area (Å²) in [5.74, 6) is 0.374. The summed E-state index contributed by atoms with van der Waals surface area (Å²) >= 11 is 0. The summed E-state index contributed by atoms with van der Waals surface area (Å²) in [5.41, 5.74) is 11.9. The minimum atomic E-state index is -0.106. The van der Waals surface area contributed by atoms with Crippen LogP contribution >= 0.6 is 0 Å². The molecule has 0 saturated heterocycles. The molecule has 0 bridgehead atoms. The number of rotatable bonds is 5. The van der Waals surface area contributed by atoms with Crippen LogP contribution < -0.4 is 5.73 Å². The maximum atomic E-state index is 12.9. The Kier molecular flexibility index (Phi) is 4.81. The van der Waals surface area contributed by atoms with Crippen molar-refractivity contribution in [3.8, 4) is 11.3 Å². The molecule has 1 aliphatic rings. The molecule has 4 rings (SSSR count). The third-order valence-corrected chi connectivity index (χ3v) is 5.27. The average molecular weight is 376 g/mol. The molecule has 0 radical (unpaired) electrons. The summed E-state index contributed by atoms with van der Waals surface area (Å²) in [4.78, 5) is 23.7. The van der Waals surface area contributed by atoms with E-state index in [4.69, 9.17) is 5.73 Å². The van der Waals surface area contributed by atoms with Crippen LogP contribution in [0.3, 0.4) is 0 Å². The van der Waals surface area contributed by atoms with E-state index < -0.39 is 0 Å². The lowest BCUT2D eigenvalue weighted by Gasteiger charge is -2.21. The van der Waals surface area contributed by atoms with Gasteiger partial charge in [0, 0.05) is 23.7 Å². The number of aromatic amines is 1. The Morgan fingerprint density at radius 3 is 2.96 bits per heavy atom. The number of nitrogens with zero attached hydrogens (tertiary/aromatic N) is 4. The van der Waals surface area contributed by atoms with Crippen LogP contribution in [0.4, 0.5) is 5.95 Å². The number of hydrogen-bond donors (Lipinski definition) is 2. The van der Waals surface area contributed by atoms with Crippen molar-refractivity contribution in [3.63, 3.8) is 0 Å². The summed E-state index contributed by atoms with van der Waals surface area (Å²) in [7, 11) is 0. The summed E-state index contributed by atoms with van der Waals surface area (Å²) in [6.07, 6.45) is 5.78. The maximum absolute atomic E-state index is 12.9. The molecule has 0 aliphatic carbocycles. The van der Waals surface area contributed by atoms with Crippen LogP contribution in [0.15, 0.2) is 36.7 Å². The van der Waals surface area contributed by atoms with E-state index in [2.05, 4.69) is 26.2 Å². The van der Waals surface area contributed by atoms with Crippen LogP contribution in [0.5, 0.6) is 0 Å². The van der Waals surface area contributed by atoms with Crippen molar-refractivity contribution in [2.75, 3.05) is 5.73 Å². The van der Waals surface area contributed by atoms with Crippen molar-refractivity contribution in [1.29, 1.82) is 0 Å². The number of fused-ring (bicyclic) bond motifs is 1. The largest absolute Gasteiger partial charge is 0.368 e. The second-order valence-corrected chi connectivity index (χ2v) is 7.32. The monoisotopic (exact) mass is 376 g/mol. The van der Waals surface area contributed by atoms with Crippen molar-refractivity contribution in [2.24, 2.45) is 0 Å². The van der Waals surface area contributed by atoms with Crippen LogP contribution in [0, 0.1) is 6.92 Å². The quantitative estimate of drug-likeness (QED) is 0.712. The van der Waals surface area contributed by atoms with Crippen LogP contribution in [0.1, 0.15) is 48.2 Å². The van der Waals surface area contributed by atoms with E-state index in [0.29, 0.717) is 13.0 Å². The number of H-pyrrole nitrogens is 1. The molecule has 144 valence electrons. The van der Waals surface area contributed by atoms with Crippen LogP contribution in [-0.4, -0.2) is 31.0 Å². The van der Waals surface area contributed by atoms with Gasteiger partial charge in [-0.25, -0.2) is 9.97 Å². The second kappa shape index (κ2) is 7.42. The fraction of sp³-hybridized carbons (Fsp3) is 0.333. The first-order chi connectivity index (χ1) is 13.5. The van der Waals surface area contributed by atoms with E-state index in [9.17, 15) is 4.79 Å². The predicted molar refractivity (Wildman–Crippen MR) is 107 cm³/mol. The van der Waals surface area contributed by atoms with Gasteiger partial charge in [-0.1, -0.05) is 23.8 Å². The molecule has 0 saturated carbocycles. The SMILES string of the molecule is Cc1cccc(-c2nc(N)nc3c2CN(C(=O)CCCc2cn[nH]c2)[C@H]3C)c1. The first-order valence-electron chi connectivity index (χ1n) is 9.53. The molecule has 3 heterocycles. The Balaban J connectivity index is 1.55. The molecular weight excluding hydrogens is 352 g/mol. The van der Waals surface area contributed by atoms with Gasteiger partial charge < -0.3 is 10.6 Å². The minimum absolute atomic E-state index is 0.106. The molecule has 3 N–H and O–H groups in total. The van der Waals surface area contributed by atoms with E-state index in [-0.39, 0.29) is 17.9 Å². The number of carbonyl (C=O) groups excluding carboxylic acids is 1. The Morgan fingerprint density at radius 1 is 1.36 bits per heavy atom. The zero-order valence-electron chi connectivity index (χ0n) is 16.1. The highest BCUT2D eigenvalue weighted by molar-refractivity contribution is 5.79. The van der Waals surface area contributed by atoms with Gasteiger partial charge in [0.25, 0.3) is 0 Å². The smallest absolute Gasteiger partial charge is 0.223 e. The predicted octanol–water partition coefficient (Wildman–Crippen LogP) is 3.18.